The second-order valence-corrected chi connectivity index (χ2v) is 9.98. The number of carbonyl (C=O) groups excluding carboxylic acids is 1. The Balaban J connectivity index is 2.28. The van der Waals surface area contributed by atoms with E-state index < -0.39 is 6.10 Å². The van der Waals surface area contributed by atoms with Gasteiger partial charge in [0.15, 0.2) is 12.4 Å². The van der Waals surface area contributed by atoms with E-state index in [0.29, 0.717) is 0 Å². The molecule has 2 unspecified atom stereocenters. The quantitative estimate of drug-likeness (QED) is 0.612. The molecule has 3 rings (SSSR count). The summed E-state index contributed by atoms with van der Waals surface area (Å²) in [6, 6.07) is 11.0. The standard InChI is InChI=1S/C25H32O2/c1-15-9-10-17(11-16(15)2)22-19-12-18(24(3,4)5)13-20(25(6,7)8)23(19)27-21(22)14-26/h9-14,21-22H,1-8H3. The number of hydrogen-bond acceptors (Lipinski definition) is 2. The maximum absolute atomic E-state index is 11.9. The Kier molecular flexibility index (Phi) is 4.74. The van der Waals surface area contributed by atoms with Crippen molar-refractivity contribution in [3.8, 4) is 5.75 Å². The van der Waals surface area contributed by atoms with Gasteiger partial charge in [-0.05, 0) is 46.9 Å². The van der Waals surface area contributed by atoms with E-state index in [4.69, 9.17) is 4.74 Å². The summed E-state index contributed by atoms with van der Waals surface area (Å²) in [5, 5.41) is 0. The van der Waals surface area contributed by atoms with E-state index in [0.717, 1.165) is 23.2 Å². The summed E-state index contributed by atoms with van der Waals surface area (Å²) in [4.78, 5) is 11.9. The lowest BCUT2D eigenvalue weighted by atomic mass is 9.76. The molecule has 0 bridgehead atoms. The average molecular weight is 365 g/mol. The van der Waals surface area contributed by atoms with Gasteiger partial charge in [-0.25, -0.2) is 0 Å². The van der Waals surface area contributed by atoms with Gasteiger partial charge in [-0.3, -0.25) is 4.79 Å². The minimum absolute atomic E-state index is 0.0298. The molecule has 0 aliphatic carbocycles. The Morgan fingerprint density at radius 3 is 2.07 bits per heavy atom. The Morgan fingerprint density at radius 1 is 0.889 bits per heavy atom. The fourth-order valence-electron chi connectivity index (χ4n) is 3.82. The highest BCUT2D eigenvalue weighted by Crippen LogP contribution is 2.48. The van der Waals surface area contributed by atoms with Gasteiger partial charge < -0.3 is 4.74 Å². The van der Waals surface area contributed by atoms with Crippen molar-refractivity contribution in [2.75, 3.05) is 0 Å². The largest absolute Gasteiger partial charge is 0.481 e. The summed E-state index contributed by atoms with van der Waals surface area (Å²) in [5.41, 5.74) is 7.25. The Morgan fingerprint density at radius 2 is 1.56 bits per heavy atom. The molecular weight excluding hydrogens is 332 g/mol. The van der Waals surface area contributed by atoms with E-state index in [2.05, 4.69) is 85.7 Å². The van der Waals surface area contributed by atoms with Gasteiger partial charge in [0.25, 0.3) is 0 Å². The minimum Gasteiger partial charge on any atom is -0.481 e. The van der Waals surface area contributed by atoms with Crippen LogP contribution in [0, 0.1) is 13.8 Å². The van der Waals surface area contributed by atoms with Gasteiger partial charge in [0.1, 0.15) is 5.75 Å². The number of aryl methyl sites for hydroxylation is 2. The number of aldehydes is 1. The molecule has 0 N–H and O–H groups in total. The van der Waals surface area contributed by atoms with Gasteiger partial charge in [0.05, 0.1) is 5.92 Å². The molecule has 2 aromatic carbocycles. The fraction of sp³-hybridized carbons (Fsp3) is 0.480. The van der Waals surface area contributed by atoms with Crippen molar-refractivity contribution in [3.63, 3.8) is 0 Å². The van der Waals surface area contributed by atoms with Crippen LogP contribution in [0.3, 0.4) is 0 Å². The van der Waals surface area contributed by atoms with Crippen molar-refractivity contribution < 1.29 is 9.53 Å². The number of hydrogen-bond donors (Lipinski definition) is 0. The molecule has 0 spiro atoms. The summed E-state index contributed by atoms with van der Waals surface area (Å²) in [6.45, 7) is 17.6. The van der Waals surface area contributed by atoms with Crippen molar-refractivity contribution in [1.82, 2.24) is 0 Å². The van der Waals surface area contributed by atoms with Crippen LogP contribution in [0.15, 0.2) is 30.3 Å². The van der Waals surface area contributed by atoms with E-state index in [1.54, 1.807) is 0 Å². The lowest BCUT2D eigenvalue weighted by Crippen LogP contribution is -2.21. The molecule has 0 aromatic heterocycles. The predicted octanol–water partition coefficient (Wildman–Crippen LogP) is 5.99. The van der Waals surface area contributed by atoms with Crippen LogP contribution >= 0.6 is 0 Å². The molecule has 1 heterocycles. The van der Waals surface area contributed by atoms with Crippen LogP contribution in [0.5, 0.6) is 5.75 Å². The first-order chi connectivity index (χ1) is 12.4. The predicted molar refractivity (Wildman–Crippen MR) is 112 cm³/mol. The van der Waals surface area contributed by atoms with Gasteiger partial charge in [-0.1, -0.05) is 71.9 Å². The minimum atomic E-state index is -0.474. The van der Waals surface area contributed by atoms with E-state index in [1.165, 1.54) is 22.3 Å². The van der Waals surface area contributed by atoms with Crippen LogP contribution in [0.2, 0.25) is 0 Å². The van der Waals surface area contributed by atoms with E-state index in [-0.39, 0.29) is 16.7 Å². The number of fused-ring (bicyclic) bond motifs is 1. The van der Waals surface area contributed by atoms with Gasteiger partial charge in [-0.2, -0.15) is 0 Å². The lowest BCUT2D eigenvalue weighted by molar-refractivity contribution is -0.113. The van der Waals surface area contributed by atoms with Crippen molar-refractivity contribution in [1.29, 1.82) is 0 Å². The Hall–Kier alpha value is -2.09. The number of rotatable bonds is 2. The second-order valence-electron chi connectivity index (χ2n) is 9.98. The first-order valence-corrected chi connectivity index (χ1v) is 9.81. The van der Waals surface area contributed by atoms with Gasteiger partial charge >= 0.3 is 0 Å². The summed E-state index contributed by atoms with van der Waals surface area (Å²) >= 11 is 0. The zero-order chi connectivity index (χ0) is 20.1. The van der Waals surface area contributed by atoms with Crippen LogP contribution in [0.25, 0.3) is 0 Å². The maximum atomic E-state index is 11.9. The van der Waals surface area contributed by atoms with Gasteiger partial charge in [-0.15, -0.1) is 0 Å². The molecule has 2 atom stereocenters. The van der Waals surface area contributed by atoms with Crippen molar-refractivity contribution in [2.45, 2.75) is 78.2 Å². The third-order valence-electron chi connectivity index (χ3n) is 5.73. The monoisotopic (exact) mass is 364 g/mol. The smallest absolute Gasteiger partial charge is 0.165 e. The van der Waals surface area contributed by atoms with Crippen LogP contribution in [-0.4, -0.2) is 12.4 Å². The van der Waals surface area contributed by atoms with Gasteiger partial charge in [0, 0.05) is 11.1 Å². The average Bonchev–Trinajstić information content (AvgIpc) is 2.93. The summed E-state index contributed by atoms with van der Waals surface area (Å²) in [6.07, 6.45) is 0.488. The molecule has 27 heavy (non-hydrogen) atoms. The van der Waals surface area contributed by atoms with Crippen LogP contribution < -0.4 is 4.74 Å². The maximum Gasteiger partial charge on any atom is 0.165 e. The van der Waals surface area contributed by atoms with Crippen LogP contribution in [0.4, 0.5) is 0 Å². The normalized spacial score (nSPS) is 19.6. The van der Waals surface area contributed by atoms with Gasteiger partial charge in [0.2, 0.25) is 0 Å². The molecule has 0 saturated carbocycles. The van der Waals surface area contributed by atoms with Crippen molar-refractivity contribution >= 4 is 6.29 Å². The molecule has 2 aromatic rings. The SMILES string of the molecule is Cc1ccc(C2c3cc(C(C)(C)C)cc(C(C)(C)C)c3OC2C=O)cc1C. The first-order valence-electron chi connectivity index (χ1n) is 9.81. The topological polar surface area (TPSA) is 26.3 Å². The van der Waals surface area contributed by atoms with E-state index in [1.807, 2.05) is 0 Å². The zero-order valence-electron chi connectivity index (χ0n) is 17.9. The fourth-order valence-corrected chi connectivity index (χ4v) is 3.82. The number of benzene rings is 2. The molecule has 0 saturated heterocycles. The van der Waals surface area contributed by atoms with Crippen molar-refractivity contribution in [2.24, 2.45) is 0 Å². The molecule has 144 valence electrons. The molecule has 0 fully saturated rings. The molecule has 0 amide bonds. The van der Waals surface area contributed by atoms with E-state index >= 15 is 0 Å². The van der Waals surface area contributed by atoms with Crippen LogP contribution in [-0.2, 0) is 15.6 Å². The highest BCUT2D eigenvalue weighted by atomic mass is 16.5. The Labute approximate surface area is 164 Å². The molecular formula is C25H32O2. The summed E-state index contributed by atoms with van der Waals surface area (Å²) < 4.78 is 6.25. The zero-order valence-corrected chi connectivity index (χ0v) is 17.9. The second kappa shape index (κ2) is 6.51. The summed E-state index contributed by atoms with van der Waals surface area (Å²) in [5.74, 6) is 0.844. The first kappa shape index (κ1) is 19.7. The third kappa shape index (κ3) is 3.54. The van der Waals surface area contributed by atoms with Crippen LogP contribution in [0.1, 0.15) is 80.8 Å². The molecule has 1 aliphatic heterocycles. The lowest BCUT2D eigenvalue weighted by Gasteiger charge is -2.27. The third-order valence-corrected chi connectivity index (χ3v) is 5.73. The highest BCUT2D eigenvalue weighted by Gasteiger charge is 2.40. The molecule has 0 radical (unpaired) electrons. The highest BCUT2D eigenvalue weighted by molar-refractivity contribution is 5.68. The molecule has 1 aliphatic rings. The summed E-state index contributed by atoms with van der Waals surface area (Å²) in [7, 11) is 0. The Bertz CT molecular complexity index is 878. The van der Waals surface area contributed by atoms with E-state index in [9.17, 15) is 4.79 Å². The molecule has 2 heteroatoms. The number of carbonyl (C=O) groups is 1. The number of ether oxygens (including phenoxy) is 1. The van der Waals surface area contributed by atoms with Crippen molar-refractivity contribution in [3.05, 3.63) is 63.7 Å². The molecule has 2 nitrogen and oxygen atoms in total.